The van der Waals surface area contributed by atoms with Crippen LogP contribution in [0.3, 0.4) is 0 Å². The summed E-state index contributed by atoms with van der Waals surface area (Å²) in [5.41, 5.74) is 2.38. The normalized spacial score (nSPS) is 11.0. The molecule has 0 aromatic heterocycles. The zero-order chi connectivity index (χ0) is 20.0. The second-order valence-electron chi connectivity index (χ2n) is 7.17. The number of hydrogen-bond donors (Lipinski definition) is 2. The van der Waals surface area contributed by atoms with Crippen molar-refractivity contribution in [2.45, 2.75) is 33.1 Å². The maximum absolute atomic E-state index is 12.1. The summed E-state index contributed by atoms with van der Waals surface area (Å²) >= 11 is 3.50. The van der Waals surface area contributed by atoms with E-state index in [0.717, 1.165) is 4.47 Å². The van der Waals surface area contributed by atoms with Gasteiger partial charge in [0, 0.05) is 17.8 Å². The first-order chi connectivity index (χ1) is 12.7. The summed E-state index contributed by atoms with van der Waals surface area (Å²) < 4.78 is 6.42. The largest absolute Gasteiger partial charge is 0.483 e. The van der Waals surface area contributed by atoms with Gasteiger partial charge in [-0.25, -0.2) is 0 Å². The summed E-state index contributed by atoms with van der Waals surface area (Å²) in [6.45, 7) is 8.74. The molecule has 0 spiro atoms. The molecule has 0 aliphatic carbocycles. The molecule has 0 aliphatic heterocycles. The van der Waals surface area contributed by atoms with Gasteiger partial charge in [0.05, 0.1) is 4.47 Å². The number of nitrogens with one attached hydrogen (secondary N) is 2. The van der Waals surface area contributed by atoms with Crippen molar-refractivity contribution < 1.29 is 14.3 Å². The van der Waals surface area contributed by atoms with Crippen LogP contribution >= 0.6 is 15.9 Å². The Labute approximate surface area is 168 Å². The molecule has 2 N–H and O–H groups in total. The average Bonchev–Trinajstić information content (AvgIpc) is 2.60. The Kier molecular flexibility index (Phi) is 7.02. The van der Waals surface area contributed by atoms with Gasteiger partial charge in [-0.2, -0.15) is 0 Å². The second kappa shape index (κ2) is 9.04. The summed E-state index contributed by atoms with van der Waals surface area (Å²) in [5.74, 6) is 0.208. The van der Waals surface area contributed by atoms with Crippen molar-refractivity contribution in [2.24, 2.45) is 0 Å². The number of carbonyl (C=O) groups is 2. The molecular formula is C21H25BrN2O3. The third kappa shape index (κ3) is 6.10. The van der Waals surface area contributed by atoms with Gasteiger partial charge in [0.25, 0.3) is 11.8 Å². The Bertz CT molecular complexity index is 811. The maximum Gasteiger partial charge on any atom is 0.262 e. The maximum atomic E-state index is 12.1. The summed E-state index contributed by atoms with van der Waals surface area (Å²) in [6.07, 6.45) is 0. The van der Waals surface area contributed by atoms with Crippen molar-refractivity contribution in [3.63, 3.8) is 0 Å². The molecular weight excluding hydrogens is 408 g/mol. The van der Waals surface area contributed by atoms with Crippen LogP contribution in [0.2, 0.25) is 0 Å². The molecule has 0 saturated heterocycles. The molecule has 6 heteroatoms. The van der Waals surface area contributed by atoms with Crippen LogP contribution in [0.5, 0.6) is 5.75 Å². The lowest BCUT2D eigenvalue weighted by molar-refractivity contribution is -0.118. The second-order valence-corrected chi connectivity index (χ2v) is 8.02. The van der Waals surface area contributed by atoms with Crippen LogP contribution in [-0.4, -0.2) is 25.0 Å². The highest BCUT2D eigenvalue weighted by Crippen LogP contribution is 2.31. The summed E-state index contributed by atoms with van der Waals surface area (Å²) in [5, 5.41) is 5.48. The number of ether oxygens (including phenoxy) is 1. The van der Waals surface area contributed by atoms with E-state index < -0.39 is 0 Å². The van der Waals surface area contributed by atoms with Crippen LogP contribution in [0.4, 0.5) is 5.69 Å². The predicted octanol–water partition coefficient (Wildman–Crippen LogP) is 4.51. The molecule has 0 heterocycles. The van der Waals surface area contributed by atoms with Crippen LogP contribution in [0, 0.1) is 0 Å². The van der Waals surface area contributed by atoms with Gasteiger partial charge in [0.15, 0.2) is 6.61 Å². The van der Waals surface area contributed by atoms with Gasteiger partial charge in [0.2, 0.25) is 0 Å². The first-order valence-corrected chi connectivity index (χ1v) is 9.61. The van der Waals surface area contributed by atoms with Crippen LogP contribution < -0.4 is 15.4 Å². The molecule has 2 rings (SSSR count). The lowest BCUT2D eigenvalue weighted by Crippen LogP contribution is -2.23. The molecule has 144 valence electrons. The standard InChI is InChI=1S/C21H25BrN2O3/c1-5-23-20(26)14-6-9-16(10-7-14)24-19(25)13-27-18-11-8-15(12-17(18)22)21(2,3)4/h6-12H,5,13H2,1-4H3,(H,23,26)(H,24,25). The predicted molar refractivity (Wildman–Crippen MR) is 111 cm³/mol. The van der Waals surface area contributed by atoms with E-state index in [9.17, 15) is 9.59 Å². The molecule has 0 unspecified atom stereocenters. The number of benzene rings is 2. The highest BCUT2D eigenvalue weighted by molar-refractivity contribution is 9.10. The Morgan fingerprint density at radius 2 is 1.74 bits per heavy atom. The number of amides is 2. The SMILES string of the molecule is CCNC(=O)c1ccc(NC(=O)COc2ccc(C(C)(C)C)cc2Br)cc1. The molecule has 0 atom stereocenters. The molecule has 0 saturated carbocycles. The number of hydrogen-bond acceptors (Lipinski definition) is 3. The Morgan fingerprint density at radius 1 is 1.07 bits per heavy atom. The Hall–Kier alpha value is -2.34. The molecule has 2 aromatic carbocycles. The van der Waals surface area contributed by atoms with E-state index in [1.165, 1.54) is 5.56 Å². The minimum Gasteiger partial charge on any atom is -0.483 e. The highest BCUT2D eigenvalue weighted by atomic mass is 79.9. The molecule has 2 aromatic rings. The fraction of sp³-hybridized carbons (Fsp3) is 0.333. The van der Waals surface area contributed by atoms with E-state index in [1.807, 2.05) is 25.1 Å². The molecule has 27 heavy (non-hydrogen) atoms. The molecule has 0 aliphatic rings. The van der Waals surface area contributed by atoms with Gasteiger partial charge < -0.3 is 15.4 Å². The van der Waals surface area contributed by atoms with Crippen LogP contribution in [-0.2, 0) is 10.2 Å². The minimum absolute atomic E-state index is 0.0403. The molecule has 0 radical (unpaired) electrons. The zero-order valence-corrected chi connectivity index (χ0v) is 17.6. The molecule has 5 nitrogen and oxygen atoms in total. The summed E-state index contributed by atoms with van der Waals surface area (Å²) in [6, 6.07) is 12.6. The Balaban J connectivity index is 1.92. The third-order valence-corrected chi connectivity index (χ3v) is 4.54. The van der Waals surface area contributed by atoms with Gasteiger partial charge in [-0.3, -0.25) is 9.59 Å². The average molecular weight is 433 g/mol. The van der Waals surface area contributed by atoms with E-state index in [1.54, 1.807) is 24.3 Å². The van der Waals surface area contributed by atoms with Crippen molar-refractivity contribution in [1.82, 2.24) is 5.32 Å². The van der Waals surface area contributed by atoms with Gasteiger partial charge in [-0.15, -0.1) is 0 Å². The van der Waals surface area contributed by atoms with Crippen molar-refractivity contribution in [3.05, 3.63) is 58.1 Å². The van der Waals surface area contributed by atoms with Crippen LogP contribution in [0.1, 0.15) is 43.6 Å². The quantitative estimate of drug-likeness (QED) is 0.704. The van der Waals surface area contributed by atoms with Crippen molar-refractivity contribution in [3.8, 4) is 5.75 Å². The van der Waals surface area contributed by atoms with Crippen LogP contribution in [0.25, 0.3) is 0 Å². The smallest absolute Gasteiger partial charge is 0.262 e. The summed E-state index contributed by atoms with van der Waals surface area (Å²) in [4.78, 5) is 23.8. The number of halogens is 1. The fourth-order valence-electron chi connectivity index (χ4n) is 2.39. The van der Waals surface area contributed by atoms with Gasteiger partial charge in [-0.1, -0.05) is 26.8 Å². The monoisotopic (exact) mass is 432 g/mol. The van der Waals surface area contributed by atoms with Crippen molar-refractivity contribution in [1.29, 1.82) is 0 Å². The van der Waals surface area contributed by atoms with E-state index in [-0.39, 0.29) is 23.8 Å². The van der Waals surface area contributed by atoms with E-state index in [2.05, 4.69) is 47.3 Å². The lowest BCUT2D eigenvalue weighted by atomic mass is 9.87. The van der Waals surface area contributed by atoms with Gasteiger partial charge in [-0.05, 0) is 70.2 Å². The van der Waals surface area contributed by atoms with Crippen molar-refractivity contribution >= 4 is 33.4 Å². The topological polar surface area (TPSA) is 67.4 Å². The van der Waals surface area contributed by atoms with Gasteiger partial charge in [0.1, 0.15) is 5.75 Å². The first kappa shape index (κ1) is 21.0. The van der Waals surface area contributed by atoms with Crippen molar-refractivity contribution in [2.75, 3.05) is 18.5 Å². The Morgan fingerprint density at radius 3 is 2.30 bits per heavy atom. The van der Waals surface area contributed by atoms with E-state index in [4.69, 9.17) is 4.74 Å². The van der Waals surface area contributed by atoms with Gasteiger partial charge >= 0.3 is 0 Å². The fourth-order valence-corrected chi connectivity index (χ4v) is 2.89. The van der Waals surface area contributed by atoms with Crippen LogP contribution in [0.15, 0.2) is 46.9 Å². The summed E-state index contributed by atoms with van der Waals surface area (Å²) in [7, 11) is 0. The van der Waals surface area contributed by atoms with E-state index >= 15 is 0 Å². The third-order valence-electron chi connectivity index (χ3n) is 3.92. The molecule has 2 amide bonds. The lowest BCUT2D eigenvalue weighted by Gasteiger charge is -2.20. The highest BCUT2D eigenvalue weighted by Gasteiger charge is 2.15. The molecule has 0 bridgehead atoms. The van der Waals surface area contributed by atoms with E-state index in [0.29, 0.717) is 23.5 Å². The molecule has 0 fully saturated rings. The number of carbonyl (C=O) groups excluding carboxylic acids is 2. The number of anilines is 1. The minimum atomic E-state index is -0.271. The zero-order valence-electron chi connectivity index (χ0n) is 16.1. The first-order valence-electron chi connectivity index (χ1n) is 8.81. The number of rotatable bonds is 6.